The largest absolute Gasteiger partial charge is 0.468 e. The van der Waals surface area contributed by atoms with Crippen molar-refractivity contribution in [3.8, 4) is 0 Å². The maximum Gasteiger partial charge on any atom is 0.319 e. The molecule has 0 aliphatic carbocycles. The average Bonchev–Trinajstić information content (AvgIpc) is 2.51. The van der Waals surface area contributed by atoms with Crippen molar-refractivity contribution in [3.63, 3.8) is 0 Å². The highest BCUT2D eigenvalue weighted by molar-refractivity contribution is 5.71. The lowest BCUT2D eigenvalue weighted by Gasteiger charge is -1.99. The van der Waals surface area contributed by atoms with Crippen LogP contribution < -0.4 is 5.32 Å². The molecule has 0 bridgehead atoms. The number of rotatable bonds is 4. The van der Waals surface area contributed by atoms with Crippen molar-refractivity contribution in [2.75, 3.05) is 13.7 Å². The van der Waals surface area contributed by atoms with Crippen LogP contribution >= 0.6 is 0 Å². The molecule has 0 aliphatic rings. The van der Waals surface area contributed by atoms with E-state index >= 15 is 0 Å². The number of carbonyl (C=O) groups excluding carboxylic acids is 1. The molecule has 0 saturated carbocycles. The molecule has 0 spiro atoms. The average molecular weight is 183 g/mol. The highest BCUT2D eigenvalue weighted by Crippen LogP contribution is 1.92. The quantitative estimate of drug-likeness (QED) is 0.650. The third-order valence-corrected chi connectivity index (χ3v) is 1.57. The van der Waals surface area contributed by atoms with Gasteiger partial charge in [0.25, 0.3) is 0 Å². The summed E-state index contributed by atoms with van der Waals surface area (Å²) in [6.07, 6.45) is 1.86. The van der Waals surface area contributed by atoms with Gasteiger partial charge in [-0.3, -0.25) is 9.48 Å². The van der Waals surface area contributed by atoms with Gasteiger partial charge in [-0.15, -0.1) is 0 Å². The van der Waals surface area contributed by atoms with E-state index in [4.69, 9.17) is 0 Å². The summed E-state index contributed by atoms with van der Waals surface area (Å²) in [4.78, 5) is 10.7. The Labute approximate surface area is 76.7 Å². The van der Waals surface area contributed by atoms with Crippen molar-refractivity contribution in [1.29, 1.82) is 0 Å². The standard InChI is InChI=1S/C8H13N3O2/c1-11-4-3-7(10-11)5-9-6-8(12)13-2/h3-4,9H,5-6H2,1-2H3. The summed E-state index contributed by atoms with van der Waals surface area (Å²) in [7, 11) is 3.22. The predicted octanol–water partition coefficient (Wildman–Crippen LogP) is -0.317. The molecule has 0 unspecified atom stereocenters. The van der Waals surface area contributed by atoms with E-state index in [0.717, 1.165) is 5.69 Å². The zero-order chi connectivity index (χ0) is 9.68. The van der Waals surface area contributed by atoms with E-state index in [-0.39, 0.29) is 12.5 Å². The molecule has 1 aromatic heterocycles. The molecule has 1 N–H and O–H groups in total. The third-order valence-electron chi connectivity index (χ3n) is 1.57. The number of esters is 1. The maximum absolute atomic E-state index is 10.7. The van der Waals surface area contributed by atoms with Gasteiger partial charge < -0.3 is 10.1 Å². The maximum atomic E-state index is 10.7. The summed E-state index contributed by atoms with van der Waals surface area (Å²) < 4.78 is 6.18. The second-order valence-electron chi connectivity index (χ2n) is 2.66. The molecule has 0 fully saturated rings. The molecule has 72 valence electrons. The van der Waals surface area contributed by atoms with E-state index in [1.165, 1.54) is 7.11 Å². The van der Waals surface area contributed by atoms with Crippen molar-refractivity contribution < 1.29 is 9.53 Å². The first-order valence-corrected chi connectivity index (χ1v) is 3.98. The fourth-order valence-corrected chi connectivity index (χ4v) is 0.922. The lowest BCUT2D eigenvalue weighted by atomic mass is 10.4. The van der Waals surface area contributed by atoms with E-state index in [1.807, 2.05) is 19.3 Å². The van der Waals surface area contributed by atoms with Crippen LogP contribution in [0.2, 0.25) is 0 Å². The number of hydrogen-bond acceptors (Lipinski definition) is 4. The second-order valence-corrected chi connectivity index (χ2v) is 2.66. The molecule has 1 rings (SSSR count). The van der Waals surface area contributed by atoms with Crippen molar-refractivity contribution in [2.45, 2.75) is 6.54 Å². The lowest BCUT2D eigenvalue weighted by Crippen LogP contribution is -2.23. The fraction of sp³-hybridized carbons (Fsp3) is 0.500. The molecule has 0 amide bonds. The van der Waals surface area contributed by atoms with E-state index in [1.54, 1.807) is 4.68 Å². The number of carbonyl (C=O) groups is 1. The van der Waals surface area contributed by atoms with Crippen LogP contribution in [0.1, 0.15) is 5.69 Å². The van der Waals surface area contributed by atoms with Gasteiger partial charge in [-0.2, -0.15) is 5.10 Å². The van der Waals surface area contributed by atoms with Crippen molar-refractivity contribution in [2.24, 2.45) is 7.05 Å². The highest BCUT2D eigenvalue weighted by atomic mass is 16.5. The predicted molar refractivity (Wildman–Crippen MR) is 46.9 cm³/mol. The molecule has 0 saturated heterocycles. The number of aryl methyl sites for hydroxylation is 1. The second kappa shape index (κ2) is 4.61. The van der Waals surface area contributed by atoms with E-state index in [9.17, 15) is 4.79 Å². The van der Waals surface area contributed by atoms with Crippen molar-refractivity contribution >= 4 is 5.97 Å². The van der Waals surface area contributed by atoms with Crippen molar-refractivity contribution in [1.82, 2.24) is 15.1 Å². The molecule has 0 aliphatic heterocycles. The summed E-state index contributed by atoms with van der Waals surface area (Å²) in [6, 6.07) is 1.89. The zero-order valence-electron chi connectivity index (χ0n) is 7.78. The monoisotopic (exact) mass is 183 g/mol. The van der Waals surface area contributed by atoms with Crippen LogP contribution in [0.15, 0.2) is 12.3 Å². The Morgan fingerprint density at radius 1 is 1.77 bits per heavy atom. The Bertz CT molecular complexity index is 283. The van der Waals surface area contributed by atoms with E-state index in [2.05, 4.69) is 15.2 Å². The third kappa shape index (κ3) is 3.25. The Morgan fingerprint density at radius 3 is 3.08 bits per heavy atom. The summed E-state index contributed by atoms with van der Waals surface area (Å²) in [5.74, 6) is -0.268. The van der Waals surface area contributed by atoms with Gasteiger partial charge in [0.1, 0.15) is 0 Å². The molecule has 5 nitrogen and oxygen atoms in total. The lowest BCUT2D eigenvalue weighted by molar-refractivity contribution is -0.139. The van der Waals surface area contributed by atoms with Gasteiger partial charge in [0.05, 0.1) is 19.3 Å². The highest BCUT2D eigenvalue weighted by Gasteiger charge is 2.00. The number of methoxy groups -OCH3 is 1. The van der Waals surface area contributed by atoms with Crippen LogP contribution in [0.5, 0.6) is 0 Å². The van der Waals surface area contributed by atoms with E-state index < -0.39 is 0 Å². The SMILES string of the molecule is COC(=O)CNCc1ccn(C)n1. The Morgan fingerprint density at radius 2 is 2.54 bits per heavy atom. The van der Waals surface area contributed by atoms with Crippen LogP contribution in [0, 0.1) is 0 Å². The molecule has 5 heteroatoms. The van der Waals surface area contributed by atoms with Gasteiger partial charge in [-0.05, 0) is 6.07 Å². The van der Waals surface area contributed by atoms with Crippen molar-refractivity contribution in [3.05, 3.63) is 18.0 Å². The first kappa shape index (κ1) is 9.73. The molecule has 0 atom stereocenters. The minimum absolute atomic E-state index is 0.215. The van der Waals surface area contributed by atoms with Crippen LogP contribution in [0.25, 0.3) is 0 Å². The molecular weight excluding hydrogens is 170 g/mol. The molecule has 0 radical (unpaired) electrons. The fourth-order valence-electron chi connectivity index (χ4n) is 0.922. The number of aromatic nitrogens is 2. The Balaban J connectivity index is 2.24. The minimum atomic E-state index is -0.268. The number of ether oxygens (including phenoxy) is 1. The number of nitrogens with one attached hydrogen (secondary N) is 1. The molecular formula is C8H13N3O2. The topological polar surface area (TPSA) is 56.1 Å². The van der Waals surface area contributed by atoms with Gasteiger partial charge in [-0.1, -0.05) is 0 Å². The summed E-state index contributed by atoms with van der Waals surface area (Å²) in [5.41, 5.74) is 0.909. The Kier molecular flexibility index (Phi) is 3.45. The molecule has 1 heterocycles. The Hall–Kier alpha value is -1.36. The van der Waals surface area contributed by atoms with Crippen LogP contribution in [-0.2, 0) is 23.1 Å². The van der Waals surface area contributed by atoms with Gasteiger partial charge in [0.15, 0.2) is 0 Å². The number of nitrogens with zero attached hydrogens (tertiary/aromatic N) is 2. The first-order valence-electron chi connectivity index (χ1n) is 3.98. The van der Waals surface area contributed by atoms with E-state index in [0.29, 0.717) is 6.54 Å². The van der Waals surface area contributed by atoms with Gasteiger partial charge in [0.2, 0.25) is 0 Å². The molecule has 0 aromatic carbocycles. The van der Waals surface area contributed by atoms with Gasteiger partial charge in [-0.25, -0.2) is 0 Å². The normalized spacial score (nSPS) is 10.0. The van der Waals surface area contributed by atoms with Crippen LogP contribution in [-0.4, -0.2) is 29.4 Å². The van der Waals surface area contributed by atoms with Crippen LogP contribution in [0.4, 0.5) is 0 Å². The summed E-state index contributed by atoms with van der Waals surface area (Å²) in [5, 5.41) is 7.05. The minimum Gasteiger partial charge on any atom is -0.468 e. The van der Waals surface area contributed by atoms with Gasteiger partial charge >= 0.3 is 5.97 Å². The van der Waals surface area contributed by atoms with Crippen LogP contribution in [0.3, 0.4) is 0 Å². The zero-order valence-corrected chi connectivity index (χ0v) is 7.78. The smallest absolute Gasteiger partial charge is 0.319 e. The number of hydrogen-bond donors (Lipinski definition) is 1. The first-order chi connectivity index (χ1) is 6.22. The summed E-state index contributed by atoms with van der Waals surface area (Å²) >= 11 is 0. The summed E-state index contributed by atoms with van der Waals surface area (Å²) in [6.45, 7) is 0.795. The molecule has 1 aromatic rings. The van der Waals surface area contributed by atoms with Gasteiger partial charge in [0, 0.05) is 19.8 Å². The molecule has 13 heavy (non-hydrogen) atoms.